The Bertz CT molecular complexity index is 495. The molecule has 0 radical (unpaired) electrons. The number of hydrogen-bond acceptors (Lipinski definition) is 4. The molecule has 2 unspecified atom stereocenters. The smallest absolute Gasteiger partial charge is 0.275 e. The van der Waals surface area contributed by atoms with Crippen LogP contribution in [0.4, 0.5) is 5.69 Å². The Morgan fingerprint density at radius 1 is 1.55 bits per heavy atom. The van der Waals surface area contributed by atoms with E-state index in [4.69, 9.17) is 17.3 Å². The van der Waals surface area contributed by atoms with Crippen molar-refractivity contribution in [2.45, 2.75) is 32.4 Å². The minimum atomic E-state index is -0.369. The molecule has 20 heavy (non-hydrogen) atoms. The number of nitrogens with zero attached hydrogens (tertiary/aromatic N) is 2. The van der Waals surface area contributed by atoms with Crippen LogP contribution in [0.2, 0.25) is 5.02 Å². The van der Waals surface area contributed by atoms with Gasteiger partial charge < -0.3 is 5.73 Å². The highest BCUT2D eigenvalue weighted by Crippen LogP contribution is 2.31. The molecular formula is C14H20ClN3O2. The van der Waals surface area contributed by atoms with Crippen molar-refractivity contribution in [3.8, 4) is 0 Å². The molecule has 1 aromatic rings. The molecule has 1 fully saturated rings. The van der Waals surface area contributed by atoms with E-state index in [1.807, 2.05) is 0 Å². The Labute approximate surface area is 123 Å². The van der Waals surface area contributed by atoms with Gasteiger partial charge in [-0.1, -0.05) is 24.6 Å². The van der Waals surface area contributed by atoms with E-state index in [1.54, 1.807) is 12.1 Å². The Hall–Kier alpha value is -1.17. The molecule has 0 aliphatic carbocycles. The van der Waals surface area contributed by atoms with Crippen molar-refractivity contribution in [3.05, 3.63) is 38.9 Å². The Morgan fingerprint density at radius 3 is 2.95 bits per heavy atom. The van der Waals surface area contributed by atoms with Crippen LogP contribution in [-0.2, 0) is 6.54 Å². The van der Waals surface area contributed by atoms with Gasteiger partial charge in [-0.25, -0.2) is 0 Å². The predicted octanol–water partition coefficient (Wildman–Crippen LogP) is 2.81. The number of rotatable bonds is 4. The molecule has 0 saturated carbocycles. The molecule has 2 atom stereocenters. The highest BCUT2D eigenvalue weighted by Gasteiger charge is 2.29. The zero-order valence-electron chi connectivity index (χ0n) is 11.6. The van der Waals surface area contributed by atoms with Gasteiger partial charge in [-0.2, -0.15) is 0 Å². The number of benzene rings is 1. The number of nitro benzene ring substituents is 1. The maximum absolute atomic E-state index is 11.1. The van der Waals surface area contributed by atoms with Gasteiger partial charge in [0, 0.05) is 25.2 Å². The molecule has 2 N–H and O–H groups in total. The summed E-state index contributed by atoms with van der Waals surface area (Å²) in [4.78, 5) is 13.0. The molecule has 0 bridgehead atoms. The second-order valence-electron chi connectivity index (χ2n) is 5.39. The lowest BCUT2D eigenvalue weighted by atomic mass is 9.90. The summed E-state index contributed by atoms with van der Waals surface area (Å²) < 4.78 is 0. The van der Waals surface area contributed by atoms with E-state index in [2.05, 4.69) is 11.8 Å². The van der Waals surface area contributed by atoms with Crippen molar-refractivity contribution in [1.29, 1.82) is 0 Å². The predicted molar refractivity (Wildman–Crippen MR) is 79.8 cm³/mol. The van der Waals surface area contributed by atoms with Crippen molar-refractivity contribution in [2.75, 3.05) is 13.1 Å². The molecule has 6 heteroatoms. The first-order valence-corrected chi connectivity index (χ1v) is 7.28. The monoisotopic (exact) mass is 297 g/mol. The van der Waals surface area contributed by atoms with Gasteiger partial charge in [0.25, 0.3) is 5.69 Å². The maximum atomic E-state index is 11.1. The van der Waals surface area contributed by atoms with Crippen molar-refractivity contribution < 1.29 is 4.92 Å². The Morgan fingerprint density at radius 2 is 2.30 bits per heavy atom. The van der Waals surface area contributed by atoms with Crippen LogP contribution < -0.4 is 5.73 Å². The van der Waals surface area contributed by atoms with Gasteiger partial charge in [0.1, 0.15) is 0 Å². The van der Waals surface area contributed by atoms with Crippen LogP contribution in [0.3, 0.4) is 0 Å². The van der Waals surface area contributed by atoms with Crippen LogP contribution in [-0.4, -0.2) is 29.0 Å². The number of hydrogen-bond donors (Lipinski definition) is 1. The number of piperidine rings is 1. The van der Waals surface area contributed by atoms with Crippen molar-refractivity contribution in [3.63, 3.8) is 0 Å². The summed E-state index contributed by atoms with van der Waals surface area (Å²) in [7, 11) is 0. The lowest BCUT2D eigenvalue weighted by Gasteiger charge is -2.39. The minimum Gasteiger partial charge on any atom is -0.329 e. The van der Waals surface area contributed by atoms with Crippen LogP contribution >= 0.6 is 11.6 Å². The highest BCUT2D eigenvalue weighted by atomic mass is 35.5. The van der Waals surface area contributed by atoms with Crippen LogP contribution in [0.1, 0.15) is 25.3 Å². The zero-order chi connectivity index (χ0) is 14.7. The van der Waals surface area contributed by atoms with E-state index in [0.717, 1.165) is 19.4 Å². The molecule has 2 rings (SSSR count). The number of nitro groups is 1. The van der Waals surface area contributed by atoms with E-state index in [0.29, 0.717) is 29.6 Å². The van der Waals surface area contributed by atoms with Crippen molar-refractivity contribution in [2.24, 2.45) is 11.7 Å². The molecule has 1 aromatic carbocycles. The number of likely N-dealkylation sites (tertiary alicyclic amines) is 1. The third kappa shape index (κ3) is 3.11. The fraction of sp³-hybridized carbons (Fsp3) is 0.571. The van der Waals surface area contributed by atoms with Crippen molar-refractivity contribution in [1.82, 2.24) is 4.90 Å². The Kier molecular flexibility index (Phi) is 4.96. The highest BCUT2D eigenvalue weighted by molar-refractivity contribution is 6.31. The summed E-state index contributed by atoms with van der Waals surface area (Å²) in [5, 5.41) is 11.6. The second-order valence-corrected chi connectivity index (χ2v) is 5.79. The first kappa shape index (κ1) is 15.2. The molecular weight excluding hydrogens is 278 g/mol. The summed E-state index contributed by atoms with van der Waals surface area (Å²) >= 11 is 6.16. The molecule has 110 valence electrons. The number of halogens is 1. The van der Waals surface area contributed by atoms with Gasteiger partial charge >= 0.3 is 0 Å². The van der Waals surface area contributed by atoms with Gasteiger partial charge in [-0.05, 0) is 31.4 Å². The quantitative estimate of drug-likeness (QED) is 0.685. The molecule has 1 aliphatic heterocycles. The largest absolute Gasteiger partial charge is 0.329 e. The van der Waals surface area contributed by atoms with Crippen LogP contribution in [0.5, 0.6) is 0 Å². The van der Waals surface area contributed by atoms with E-state index >= 15 is 0 Å². The molecule has 0 amide bonds. The normalized spacial score (nSPS) is 23.8. The summed E-state index contributed by atoms with van der Waals surface area (Å²) in [6, 6.07) is 5.09. The average Bonchev–Trinajstić information content (AvgIpc) is 2.41. The molecule has 5 nitrogen and oxygen atoms in total. The van der Waals surface area contributed by atoms with E-state index in [-0.39, 0.29) is 16.7 Å². The Balaban J connectivity index is 2.27. The summed E-state index contributed by atoms with van der Waals surface area (Å²) in [6.07, 6.45) is 2.25. The van der Waals surface area contributed by atoms with Gasteiger partial charge in [0.2, 0.25) is 0 Å². The van der Waals surface area contributed by atoms with Crippen LogP contribution in [0.25, 0.3) is 0 Å². The summed E-state index contributed by atoms with van der Waals surface area (Å²) in [5.74, 6) is 0.510. The molecule has 0 spiro atoms. The third-order valence-electron chi connectivity index (χ3n) is 4.12. The molecule has 1 aliphatic rings. The van der Waals surface area contributed by atoms with Gasteiger partial charge in [-0.15, -0.1) is 0 Å². The van der Waals surface area contributed by atoms with Gasteiger partial charge in [-0.3, -0.25) is 15.0 Å². The molecule has 0 aromatic heterocycles. The maximum Gasteiger partial charge on any atom is 0.275 e. The topological polar surface area (TPSA) is 72.4 Å². The third-order valence-corrected chi connectivity index (χ3v) is 4.48. The number of nitrogens with two attached hydrogens (primary N) is 1. The molecule has 1 heterocycles. The van der Waals surface area contributed by atoms with Gasteiger partial charge in [0.05, 0.1) is 15.5 Å². The SMILES string of the molecule is CC1CCCN(Cc2c(Cl)cccc2[N+](=O)[O-])C1CN. The summed E-state index contributed by atoms with van der Waals surface area (Å²) in [6.45, 7) is 4.15. The standard InChI is InChI=1S/C14H20ClN3O2/c1-10-4-3-7-17(14(10)8-16)9-11-12(15)5-2-6-13(11)18(19)20/h2,5-6,10,14H,3-4,7-9,16H2,1H3. The zero-order valence-corrected chi connectivity index (χ0v) is 12.3. The average molecular weight is 298 g/mol. The summed E-state index contributed by atoms with van der Waals surface area (Å²) in [5.41, 5.74) is 6.54. The van der Waals surface area contributed by atoms with E-state index in [9.17, 15) is 10.1 Å². The fourth-order valence-electron chi connectivity index (χ4n) is 2.99. The van der Waals surface area contributed by atoms with Crippen molar-refractivity contribution >= 4 is 17.3 Å². The van der Waals surface area contributed by atoms with Crippen LogP contribution in [0, 0.1) is 16.0 Å². The second kappa shape index (κ2) is 6.52. The van der Waals surface area contributed by atoms with Crippen LogP contribution in [0.15, 0.2) is 18.2 Å². The first-order valence-electron chi connectivity index (χ1n) is 6.90. The molecule has 1 saturated heterocycles. The van der Waals surface area contributed by atoms with E-state index < -0.39 is 0 Å². The lowest BCUT2D eigenvalue weighted by molar-refractivity contribution is -0.385. The minimum absolute atomic E-state index is 0.0893. The van der Waals surface area contributed by atoms with Gasteiger partial charge in [0.15, 0.2) is 0 Å². The lowest BCUT2D eigenvalue weighted by Crippen LogP contribution is -2.48. The van der Waals surface area contributed by atoms with E-state index in [1.165, 1.54) is 6.07 Å². The fourth-order valence-corrected chi connectivity index (χ4v) is 3.22. The first-order chi connectivity index (χ1) is 9.54.